The molecule has 0 aliphatic carbocycles. The maximum atomic E-state index is 11.7. The van der Waals surface area contributed by atoms with E-state index in [0.717, 1.165) is 4.57 Å². The van der Waals surface area contributed by atoms with Gasteiger partial charge in [0.25, 0.3) is 5.56 Å². The molecule has 0 aromatic carbocycles. The maximum absolute atomic E-state index is 11.7. The van der Waals surface area contributed by atoms with Crippen LogP contribution in [0.1, 0.15) is 0 Å². The molecule has 0 aliphatic rings. The average Bonchev–Trinajstić information content (AvgIpc) is 2.22. The number of fused-ring (bicyclic) bond motifs is 1. The Morgan fingerprint density at radius 2 is 2.27 bits per heavy atom. The third-order valence-electron chi connectivity index (χ3n) is 2.08. The van der Waals surface area contributed by atoms with Crippen molar-refractivity contribution in [2.75, 3.05) is 0 Å². The second-order valence-electron chi connectivity index (χ2n) is 3.11. The van der Waals surface area contributed by atoms with Gasteiger partial charge in [0.2, 0.25) is 0 Å². The summed E-state index contributed by atoms with van der Waals surface area (Å²) in [6.07, 6.45) is 4.54. The van der Waals surface area contributed by atoms with E-state index < -0.39 is 5.97 Å². The highest BCUT2D eigenvalue weighted by molar-refractivity contribution is 5.80. The highest BCUT2D eigenvalue weighted by atomic mass is 16.4. The zero-order chi connectivity index (χ0) is 10.8. The number of carbonyl (C=O) groups is 1. The van der Waals surface area contributed by atoms with Gasteiger partial charge in [-0.1, -0.05) is 0 Å². The molecule has 0 atom stereocenters. The second-order valence-corrected chi connectivity index (χ2v) is 3.11. The van der Waals surface area contributed by atoms with E-state index in [2.05, 4.69) is 4.98 Å². The largest absolute Gasteiger partial charge is 0.480 e. The van der Waals surface area contributed by atoms with Crippen LogP contribution in [0.4, 0.5) is 0 Å². The Morgan fingerprint density at radius 1 is 1.47 bits per heavy atom. The van der Waals surface area contributed by atoms with Crippen LogP contribution >= 0.6 is 0 Å². The minimum atomic E-state index is -1.04. The fourth-order valence-electron chi connectivity index (χ4n) is 1.40. The first-order valence-electron chi connectivity index (χ1n) is 4.33. The zero-order valence-electron chi connectivity index (χ0n) is 7.75. The summed E-state index contributed by atoms with van der Waals surface area (Å²) >= 11 is 0. The third kappa shape index (κ3) is 1.71. The summed E-state index contributed by atoms with van der Waals surface area (Å²) in [5.41, 5.74) is -0.308. The van der Waals surface area contributed by atoms with Crippen LogP contribution in [0, 0.1) is 0 Å². The first-order valence-corrected chi connectivity index (χ1v) is 4.33. The van der Waals surface area contributed by atoms with Gasteiger partial charge >= 0.3 is 5.97 Å². The lowest BCUT2D eigenvalue weighted by Crippen LogP contribution is -2.23. The molecule has 2 aromatic rings. The van der Waals surface area contributed by atoms with E-state index >= 15 is 0 Å². The number of aromatic nitrogens is 2. The molecule has 0 bridgehead atoms. The predicted molar refractivity (Wildman–Crippen MR) is 53.6 cm³/mol. The van der Waals surface area contributed by atoms with Crippen molar-refractivity contribution in [1.82, 2.24) is 9.55 Å². The van der Waals surface area contributed by atoms with Gasteiger partial charge in [0, 0.05) is 24.0 Å². The molecule has 1 N–H and O–H groups in total. The molecule has 0 fully saturated rings. The molecule has 0 saturated carbocycles. The Labute approximate surface area is 84.6 Å². The molecule has 15 heavy (non-hydrogen) atoms. The number of hydrogen-bond acceptors (Lipinski definition) is 3. The molecule has 2 heterocycles. The van der Waals surface area contributed by atoms with Crippen LogP contribution in [-0.4, -0.2) is 20.6 Å². The van der Waals surface area contributed by atoms with Crippen LogP contribution in [-0.2, 0) is 11.3 Å². The number of aliphatic carboxylic acids is 1. The Morgan fingerprint density at radius 3 is 3.00 bits per heavy atom. The molecular weight excluding hydrogens is 196 g/mol. The van der Waals surface area contributed by atoms with Crippen LogP contribution in [0.2, 0.25) is 0 Å². The lowest BCUT2D eigenvalue weighted by molar-refractivity contribution is -0.137. The molecule has 2 aromatic heterocycles. The minimum absolute atomic E-state index is 0.308. The van der Waals surface area contributed by atoms with Gasteiger partial charge < -0.3 is 9.67 Å². The Hall–Kier alpha value is -2.17. The van der Waals surface area contributed by atoms with Crippen molar-refractivity contribution >= 4 is 16.7 Å². The monoisotopic (exact) mass is 204 g/mol. The van der Waals surface area contributed by atoms with Crippen LogP contribution in [0.5, 0.6) is 0 Å². The normalized spacial score (nSPS) is 10.4. The highest BCUT2D eigenvalue weighted by Gasteiger charge is 2.04. The van der Waals surface area contributed by atoms with Crippen molar-refractivity contribution < 1.29 is 9.90 Å². The number of hydrogen-bond donors (Lipinski definition) is 1. The Bertz CT molecular complexity index is 574. The predicted octanol–water partition coefficient (Wildman–Crippen LogP) is 0.481. The molecule has 0 saturated heterocycles. The van der Waals surface area contributed by atoms with Crippen LogP contribution in [0.3, 0.4) is 0 Å². The summed E-state index contributed by atoms with van der Waals surface area (Å²) in [5, 5.41) is 9.78. The molecule has 0 radical (unpaired) electrons. The van der Waals surface area contributed by atoms with Gasteiger partial charge in [0.1, 0.15) is 6.54 Å². The van der Waals surface area contributed by atoms with E-state index in [-0.39, 0.29) is 12.1 Å². The van der Waals surface area contributed by atoms with Crippen molar-refractivity contribution in [3.63, 3.8) is 0 Å². The number of pyridine rings is 2. The van der Waals surface area contributed by atoms with Crippen LogP contribution < -0.4 is 5.56 Å². The maximum Gasteiger partial charge on any atom is 0.323 e. The summed E-state index contributed by atoms with van der Waals surface area (Å²) in [7, 11) is 0. The smallest absolute Gasteiger partial charge is 0.323 e. The number of carboxylic acids is 1. The van der Waals surface area contributed by atoms with Crippen LogP contribution in [0.15, 0.2) is 35.5 Å². The zero-order valence-corrected chi connectivity index (χ0v) is 7.75. The van der Waals surface area contributed by atoms with Crippen molar-refractivity contribution in [2.24, 2.45) is 0 Å². The summed E-state index contributed by atoms with van der Waals surface area (Å²) < 4.78 is 1.16. The van der Waals surface area contributed by atoms with Crippen LogP contribution in [0.25, 0.3) is 10.8 Å². The van der Waals surface area contributed by atoms with Gasteiger partial charge in [-0.05, 0) is 12.1 Å². The average molecular weight is 204 g/mol. The number of carboxylic acid groups (broad SMARTS) is 1. The first-order chi connectivity index (χ1) is 7.18. The minimum Gasteiger partial charge on any atom is -0.480 e. The molecule has 76 valence electrons. The molecule has 5 heteroatoms. The van der Waals surface area contributed by atoms with E-state index in [1.807, 2.05) is 0 Å². The van der Waals surface area contributed by atoms with E-state index in [0.29, 0.717) is 10.8 Å². The van der Waals surface area contributed by atoms with E-state index in [1.165, 1.54) is 12.4 Å². The third-order valence-corrected chi connectivity index (χ3v) is 2.08. The molecule has 0 amide bonds. The van der Waals surface area contributed by atoms with Gasteiger partial charge in [0.15, 0.2) is 0 Å². The number of nitrogens with zero attached hydrogens (tertiary/aromatic N) is 2. The van der Waals surface area contributed by atoms with Gasteiger partial charge in [0.05, 0.1) is 5.39 Å². The van der Waals surface area contributed by atoms with Gasteiger partial charge in [-0.15, -0.1) is 0 Å². The number of rotatable bonds is 2. The second kappa shape index (κ2) is 3.53. The topological polar surface area (TPSA) is 72.2 Å². The van der Waals surface area contributed by atoms with Gasteiger partial charge in [-0.2, -0.15) is 0 Å². The van der Waals surface area contributed by atoms with Crippen molar-refractivity contribution in [3.8, 4) is 0 Å². The fraction of sp³-hybridized carbons (Fsp3) is 0.100. The van der Waals surface area contributed by atoms with Crippen molar-refractivity contribution in [3.05, 3.63) is 41.1 Å². The quantitative estimate of drug-likeness (QED) is 0.772. The fourth-order valence-corrected chi connectivity index (χ4v) is 1.40. The Kier molecular flexibility index (Phi) is 2.21. The van der Waals surface area contributed by atoms with E-state index in [9.17, 15) is 9.59 Å². The van der Waals surface area contributed by atoms with Crippen molar-refractivity contribution in [2.45, 2.75) is 6.54 Å². The summed E-state index contributed by atoms with van der Waals surface area (Å²) in [6.45, 7) is -0.322. The van der Waals surface area contributed by atoms with Crippen molar-refractivity contribution in [1.29, 1.82) is 0 Å². The first kappa shape index (κ1) is 9.39. The molecule has 0 unspecified atom stereocenters. The highest BCUT2D eigenvalue weighted by Crippen LogP contribution is 2.05. The summed E-state index contributed by atoms with van der Waals surface area (Å²) in [5.74, 6) is -1.04. The van der Waals surface area contributed by atoms with E-state index in [1.54, 1.807) is 18.3 Å². The summed E-state index contributed by atoms with van der Waals surface area (Å²) in [6, 6.07) is 3.25. The Balaban J connectivity index is 2.65. The lowest BCUT2D eigenvalue weighted by atomic mass is 10.2. The molecule has 0 spiro atoms. The standard InChI is InChI=1S/C10H8N2O3/c13-9(14)6-12-4-2-7-5-11-3-1-8(7)10(12)15/h1-5H,6H2,(H,13,14). The molecule has 5 nitrogen and oxygen atoms in total. The van der Waals surface area contributed by atoms with Gasteiger partial charge in [-0.3, -0.25) is 14.6 Å². The molecule has 0 aliphatic heterocycles. The summed E-state index contributed by atoms with van der Waals surface area (Å²) in [4.78, 5) is 26.1. The SMILES string of the molecule is O=C(O)Cn1ccc2cnccc2c1=O. The molecule has 2 rings (SSSR count). The lowest BCUT2D eigenvalue weighted by Gasteiger charge is -2.03. The van der Waals surface area contributed by atoms with Gasteiger partial charge in [-0.25, -0.2) is 0 Å². The molecular formula is C10H8N2O3. The van der Waals surface area contributed by atoms with E-state index in [4.69, 9.17) is 5.11 Å².